The fourth-order valence-electron chi connectivity index (χ4n) is 2.60. The van der Waals surface area contributed by atoms with Crippen LogP contribution in [0.15, 0.2) is 10.9 Å². The number of hydrogen-bond acceptors (Lipinski definition) is 4. The maximum absolute atomic E-state index is 12.2. The van der Waals surface area contributed by atoms with Crippen molar-refractivity contribution in [3.63, 3.8) is 0 Å². The van der Waals surface area contributed by atoms with Gasteiger partial charge < -0.3 is 16.0 Å². The summed E-state index contributed by atoms with van der Waals surface area (Å²) in [6.07, 6.45) is 1.02. The number of carbonyl (C=O) groups excluding carboxylic acids is 2. The molecule has 0 atom stereocenters. The number of rotatable bonds is 3. The molecule has 0 saturated carbocycles. The Labute approximate surface area is 129 Å². The number of fused-ring (bicyclic) bond motifs is 1. The number of amides is 1. The first-order valence-electron chi connectivity index (χ1n) is 7.35. The predicted molar refractivity (Wildman–Crippen MR) is 84.1 cm³/mol. The first-order valence-corrected chi connectivity index (χ1v) is 7.35. The van der Waals surface area contributed by atoms with E-state index in [1.54, 1.807) is 13.8 Å². The van der Waals surface area contributed by atoms with E-state index in [4.69, 9.17) is 5.73 Å². The van der Waals surface area contributed by atoms with Crippen LogP contribution in [-0.2, 0) is 6.42 Å². The van der Waals surface area contributed by atoms with Gasteiger partial charge in [0.25, 0.3) is 11.5 Å². The molecule has 1 aliphatic rings. The second kappa shape index (κ2) is 5.35. The molecule has 1 aliphatic carbocycles. The molecule has 2 rings (SSSR count). The predicted octanol–water partition coefficient (Wildman–Crippen LogP) is 0.997. The molecule has 1 heterocycles. The quantitative estimate of drug-likeness (QED) is 0.774. The summed E-state index contributed by atoms with van der Waals surface area (Å²) in [5.41, 5.74) is 5.59. The number of carbonyl (C=O) groups is 2. The van der Waals surface area contributed by atoms with Crippen molar-refractivity contribution in [1.82, 2.24) is 10.3 Å². The van der Waals surface area contributed by atoms with Crippen LogP contribution in [0.25, 0.3) is 0 Å². The molecular weight excluding hydrogens is 282 g/mol. The molecule has 0 spiro atoms. The Kier molecular flexibility index (Phi) is 4.00. The number of aromatic nitrogens is 1. The molecule has 4 N–H and O–H groups in total. The van der Waals surface area contributed by atoms with E-state index in [1.807, 2.05) is 13.8 Å². The lowest BCUT2D eigenvalue weighted by Gasteiger charge is -2.29. The molecule has 120 valence electrons. The van der Waals surface area contributed by atoms with Gasteiger partial charge in [-0.25, -0.2) is 0 Å². The number of Topliss-reactive ketones (excluding diaryl/α,β-unsaturated/α-hetero) is 1. The zero-order valence-corrected chi connectivity index (χ0v) is 13.5. The summed E-state index contributed by atoms with van der Waals surface area (Å²) < 4.78 is 0. The maximum Gasteiger partial charge on any atom is 0.261 e. The van der Waals surface area contributed by atoms with Gasteiger partial charge in [-0.2, -0.15) is 0 Å². The van der Waals surface area contributed by atoms with E-state index in [0.29, 0.717) is 24.1 Å². The van der Waals surface area contributed by atoms with Gasteiger partial charge in [0.2, 0.25) is 0 Å². The highest BCUT2D eigenvalue weighted by molar-refractivity contribution is 6.02. The molecule has 22 heavy (non-hydrogen) atoms. The van der Waals surface area contributed by atoms with Gasteiger partial charge in [0.15, 0.2) is 5.78 Å². The number of nitrogens with one attached hydrogen (secondary N) is 2. The molecule has 0 saturated heterocycles. The van der Waals surface area contributed by atoms with Gasteiger partial charge in [-0.15, -0.1) is 0 Å². The van der Waals surface area contributed by atoms with Crippen LogP contribution in [0.2, 0.25) is 0 Å². The molecule has 0 aliphatic heterocycles. The van der Waals surface area contributed by atoms with E-state index in [0.717, 1.165) is 0 Å². The molecule has 1 aromatic heterocycles. The highest BCUT2D eigenvalue weighted by atomic mass is 16.2. The molecular formula is C16H23N3O3. The molecule has 0 unspecified atom stereocenters. The third-order valence-corrected chi connectivity index (χ3v) is 3.67. The van der Waals surface area contributed by atoms with Crippen molar-refractivity contribution in [2.24, 2.45) is 11.1 Å². The lowest BCUT2D eigenvalue weighted by molar-refractivity contribution is 0.0910. The standard InChI is InChI=1S/C16H23N3O3/c1-15(2)6-11-9(12(20)7-15)5-10(14(22)19-11)13(21)18-8-16(3,4)17/h5H,6-8,17H2,1-4H3,(H,18,21)(H,19,22). The van der Waals surface area contributed by atoms with Gasteiger partial charge in [-0.05, 0) is 31.7 Å². The van der Waals surface area contributed by atoms with E-state index in [-0.39, 0.29) is 23.3 Å². The largest absolute Gasteiger partial charge is 0.350 e. The zero-order valence-electron chi connectivity index (χ0n) is 13.5. The van der Waals surface area contributed by atoms with E-state index >= 15 is 0 Å². The number of H-pyrrole nitrogens is 1. The van der Waals surface area contributed by atoms with Crippen LogP contribution in [-0.4, -0.2) is 28.8 Å². The Bertz CT molecular complexity index is 681. The number of ketones is 1. The molecule has 0 fully saturated rings. The highest BCUT2D eigenvalue weighted by Crippen LogP contribution is 2.33. The second-order valence-electron chi connectivity index (χ2n) is 7.52. The summed E-state index contributed by atoms with van der Waals surface area (Å²) in [6, 6.07) is 1.41. The van der Waals surface area contributed by atoms with Crippen LogP contribution in [0.3, 0.4) is 0 Å². The number of aromatic amines is 1. The first-order chi connectivity index (χ1) is 9.98. The topological polar surface area (TPSA) is 105 Å². The normalized spacial score (nSPS) is 17.0. The van der Waals surface area contributed by atoms with Crippen molar-refractivity contribution < 1.29 is 9.59 Å². The minimum Gasteiger partial charge on any atom is -0.350 e. The molecule has 6 nitrogen and oxygen atoms in total. The fraction of sp³-hybridized carbons (Fsp3) is 0.562. The Balaban J connectivity index is 2.33. The van der Waals surface area contributed by atoms with Crippen molar-refractivity contribution in [2.45, 2.75) is 46.1 Å². The summed E-state index contributed by atoms with van der Waals surface area (Å²) >= 11 is 0. The molecule has 1 aromatic rings. The van der Waals surface area contributed by atoms with Crippen LogP contribution in [0.4, 0.5) is 0 Å². The van der Waals surface area contributed by atoms with Crippen LogP contribution in [0, 0.1) is 5.41 Å². The van der Waals surface area contributed by atoms with E-state index in [9.17, 15) is 14.4 Å². The van der Waals surface area contributed by atoms with Crippen molar-refractivity contribution in [1.29, 1.82) is 0 Å². The van der Waals surface area contributed by atoms with Crippen LogP contribution < -0.4 is 16.6 Å². The third-order valence-electron chi connectivity index (χ3n) is 3.67. The van der Waals surface area contributed by atoms with Crippen molar-refractivity contribution in [3.8, 4) is 0 Å². The van der Waals surface area contributed by atoms with Crippen molar-refractivity contribution in [3.05, 3.63) is 33.2 Å². The average molecular weight is 305 g/mol. The molecule has 6 heteroatoms. The highest BCUT2D eigenvalue weighted by Gasteiger charge is 2.32. The maximum atomic E-state index is 12.2. The zero-order chi connectivity index (χ0) is 16.7. The molecule has 0 radical (unpaired) electrons. The first kappa shape index (κ1) is 16.4. The summed E-state index contributed by atoms with van der Waals surface area (Å²) in [7, 11) is 0. The van der Waals surface area contributed by atoms with Gasteiger partial charge in [-0.3, -0.25) is 14.4 Å². The SMILES string of the molecule is CC(C)(N)CNC(=O)c1cc2c([nH]c1=O)CC(C)(C)CC2=O. The minimum atomic E-state index is -0.573. The van der Waals surface area contributed by atoms with Crippen molar-refractivity contribution >= 4 is 11.7 Å². The fourth-order valence-corrected chi connectivity index (χ4v) is 2.60. The average Bonchev–Trinajstić information content (AvgIpc) is 2.32. The lowest BCUT2D eigenvalue weighted by atomic mass is 9.75. The summed E-state index contributed by atoms with van der Waals surface area (Å²) in [4.78, 5) is 39.2. The number of nitrogens with two attached hydrogens (primary N) is 1. The molecule has 0 bridgehead atoms. The van der Waals surface area contributed by atoms with Gasteiger partial charge in [0.05, 0.1) is 0 Å². The number of pyridine rings is 1. The Morgan fingerprint density at radius 2 is 2.00 bits per heavy atom. The van der Waals surface area contributed by atoms with Crippen LogP contribution in [0.5, 0.6) is 0 Å². The minimum absolute atomic E-state index is 0.0453. The second-order valence-corrected chi connectivity index (χ2v) is 7.52. The molecule has 0 aromatic carbocycles. The Morgan fingerprint density at radius 3 is 2.59 bits per heavy atom. The Morgan fingerprint density at radius 1 is 1.36 bits per heavy atom. The Hall–Kier alpha value is -1.95. The van der Waals surface area contributed by atoms with E-state index < -0.39 is 17.0 Å². The summed E-state index contributed by atoms with van der Waals surface area (Å²) in [5, 5.41) is 2.62. The van der Waals surface area contributed by atoms with E-state index in [2.05, 4.69) is 10.3 Å². The number of hydrogen-bond donors (Lipinski definition) is 3. The van der Waals surface area contributed by atoms with Gasteiger partial charge in [0.1, 0.15) is 5.56 Å². The van der Waals surface area contributed by atoms with Crippen LogP contribution >= 0.6 is 0 Å². The lowest BCUT2D eigenvalue weighted by Crippen LogP contribution is -2.46. The summed E-state index contributed by atoms with van der Waals surface area (Å²) in [5.74, 6) is -0.559. The van der Waals surface area contributed by atoms with Gasteiger partial charge in [-0.1, -0.05) is 13.8 Å². The third kappa shape index (κ3) is 3.62. The monoisotopic (exact) mass is 305 g/mol. The van der Waals surface area contributed by atoms with Gasteiger partial charge >= 0.3 is 0 Å². The van der Waals surface area contributed by atoms with Crippen LogP contribution in [0.1, 0.15) is 60.5 Å². The van der Waals surface area contributed by atoms with E-state index in [1.165, 1.54) is 6.07 Å². The summed E-state index contributed by atoms with van der Waals surface area (Å²) in [6.45, 7) is 7.75. The van der Waals surface area contributed by atoms with Gasteiger partial charge in [0, 0.05) is 29.8 Å². The smallest absolute Gasteiger partial charge is 0.261 e. The van der Waals surface area contributed by atoms with Crippen molar-refractivity contribution in [2.75, 3.05) is 6.54 Å². The molecule has 1 amide bonds.